The molecule has 1 saturated heterocycles. The number of benzene rings is 1. The van der Waals surface area contributed by atoms with Gasteiger partial charge >= 0.3 is 0 Å². The van der Waals surface area contributed by atoms with Gasteiger partial charge in [-0.2, -0.15) is 0 Å². The smallest absolute Gasteiger partial charge is 0.237 e. The van der Waals surface area contributed by atoms with Crippen LogP contribution in [-0.2, 0) is 16.1 Å². The lowest BCUT2D eigenvalue weighted by Gasteiger charge is -2.24. The third-order valence-electron chi connectivity index (χ3n) is 5.13. The van der Waals surface area contributed by atoms with Crippen LogP contribution in [0.15, 0.2) is 24.3 Å². The maximum Gasteiger partial charge on any atom is 0.237 e. The highest BCUT2D eigenvalue weighted by Crippen LogP contribution is 2.33. The van der Waals surface area contributed by atoms with Gasteiger partial charge in [-0.25, -0.2) is 0 Å². The lowest BCUT2D eigenvalue weighted by atomic mass is 9.85. The Morgan fingerprint density at radius 3 is 2.75 bits per heavy atom. The predicted molar refractivity (Wildman–Crippen MR) is 92.9 cm³/mol. The van der Waals surface area contributed by atoms with Gasteiger partial charge in [-0.1, -0.05) is 25.0 Å². The molecule has 0 aromatic heterocycles. The van der Waals surface area contributed by atoms with Gasteiger partial charge in [0.1, 0.15) is 12.4 Å². The van der Waals surface area contributed by atoms with Crippen molar-refractivity contribution < 1.29 is 14.3 Å². The molecule has 2 fully saturated rings. The molecular weight excluding hydrogens is 304 g/mol. The lowest BCUT2D eigenvalue weighted by Crippen LogP contribution is -2.42. The van der Waals surface area contributed by atoms with Crippen molar-refractivity contribution in [1.82, 2.24) is 10.6 Å². The second-order valence-corrected chi connectivity index (χ2v) is 6.81. The Balaban J connectivity index is 1.43. The van der Waals surface area contributed by atoms with Crippen molar-refractivity contribution in [2.45, 2.75) is 50.7 Å². The highest BCUT2D eigenvalue weighted by atomic mass is 16.5. The average Bonchev–Trinajstić information content (AvgIpc) is 3.05. The number of methoxy groups -OCH3 is 1. The van der Waals surface area contributed by atoms with E-state index in [1.807, 2.05) is 24.3 Å². The highest BCUT2D eigenvalue weighted by molar-refractivity contribution is 5.82. The third kappa shape index (κ3) is 4.48. The van der Waals surface area contributed by atoms with E-state index in [4.69, 9.17) is 9.47 Å². The molecule has 132 valence electrons. The fraction of sp³-hybridized carbons (Fsp3) is 0.632. The molecule has 3 rings (SSSR count). The van der Waals surface area contributed by atoms with Gasteiger partial charge in [-0.15, -0.1) is 0 Å². The van der Waals surface area contributed by atoms with Gasteiger partial charge < -0.3 is 20.1 Å². The van der Waals surface area contributed by atoms with Crippen LogP contribution in [0.3, 0.4) is 0 Å². The zero-order valence-electron chi connectivity index (χ0n) is 14.4. The zero-order chi connectivity index (χ0) is 16.8. The third-order valence-corrected chi connectivity index (χ3v) is 5.13. The van der Waals surface area contributed by atoms with Gasteiger partial charge in [-0.05, 0) is 42.9 Å². The van der Waals surface area contributed by atoms with Crippen LogP contribution in [0.4, 0.5) is 0 Å². The van der Waals surface area contributed by atoms with Gasteiger partial charge in [0, 0.05) is 19.7 Å². The predicted octanol–water partition coefficient (Wildman–Crippen LogP) is 2.25. The quantitative estimate of drug-likeness (QED) is 0.752. The molecule has 3 atom stereocenters. The fourth-order valence-electron chi connectivity index (χ4n) is 3.78. The summed E-state index contributed by atoms with van der Waals surface area (Å²) in [5.74, 6) is 1.64. The number of hydrogen-bond donors (Lipinski definition) is 2. The second-order valence-electron chi connectivity index (χ2n) is 6.81. The first-order valence-corrected chi connectivity index (χ1v) is 9.00. The van der Waals surface area contributed by atoms with E-state index in [2.05, 4.69) is 10.6 Å². The summed E-state index contributed by atoms with van der Waals surface area (Å²) in [6, 6.07) is 8.38. The Morgan fingerprint density at radius 2 is 2.00 bits per heavy atom. The molecule has 5 heteroatoms. The standard InChI is InChI=1S/C19H28N2O3/c1-23-10-11-24-16-8-6-14(7-9-16)13-20-19(22)18-12-15-4-2-3-5-17(15)21-18/h6-9,15,17-18,21H,2-5,10-13H2,1H3,(H,20,22). The van der Waals surface area contributed by atoms with Gasteiger partial charge in [0.05, 0.1) is 12.6 Å². The summed E-state index contributed by atoms with van der Waals surface area (Å²) in [7, 11) is 1.66. The number of ether oxygens (including phenoxy) is 2. The summed E-state index contributed by atoms with van der Waals surface area (Å²) in [5, 5.41) is 6.58. The number of carbonyl (C=O) groups excluding carboxylic acids is 1. The van der Waals surface area contributed by atoms with Crippen molar-refractivity contribution in [3.63, 3.8) is 0 Å². The Hall–Kier alpha value is -1.59. The molecule has 0 radical (unpaired) electrons. The molecule has 2 N–H and O–H groups in total. The SMILES string of the molecule is COCCOc1ccc(CNC(=O)C2CC3CCCCC3N2)cc1. The number of carbonyl (C=O) groups is 1. The molecule has 0 bridgehead atoms. The van der Waals surface area contributed by atoms with Crippen LogP contribution in [0.5, 0.6) is 5.75 Å². The number of hydrogen-bond acceptors (Lipinski definition) is 4. The normalized spacial score (nSPS) is 26.0. The van der Waals surface area contributed by atoms with Crippen molar-refractivity contribution in [1.29, 1.82) is 0 Å². The monoisotopic (exact) mass is 332 g/mol. The number of amides is 1. The number of rotatable bonds is 7. The molecule has 24 heavy (non-hydrogen) atoms. The minimum absolute atomic E-state index is 0.0187. The van der Waals surface area contributed by atoms with Gasteiger partial charge in [0.25, 0.3) is 0 Å². The molecule has 1 aliphatic carbocycles. The largest absolute Gasteiger partial charge is 0.491 e. The Labute approximate surface area is 144 Å². The van der Waals surface area contributed by atoms with Crippen LogP contribution < -0.4 is 15.4 Å². The second kappa shape index (κ2) is 8.49. The summed E-state index contributed by atoms with van der Waals surface area (Å²) < 4.78 is 10.5. The van der Waals surface area contributed by atoms with E-state index in [1.54, 1.807) is 7.11 Å². The van der Waals surface area contributed by atoms with Crippen LogP contribution in [0.25, 0.3) is 0 Å². The molecule has 1 aromatic carbocycles. The summed E-state index contributed by atoms with van der Waals surface area (Å²) in [6.07, 6.45) is 6.09. The molecule has 1 aromatic rings. The van der Waals surface area contributed by atoms with Crippen molar-refractivity contribution in [2.75, 3.05) is 20.3 Å². The first-order chi connectivity index (χ1) is 11.8. The zero-order valence-corrected chi connectivity index (χ0v) is 14.4. The summed E-state index contributed by atoms with van der Waals surface area (Å²) in [6.45, 7) is 1.68. The minimum atomic E-state index is -0.0187. The van der Waals surface area contributed by atoms with Crippen molar-refractivity contribution >= 4 is 5.91 Å². The molecule has 3 unspecified atom stereocenters. The van der Waals surface area contributed by atoms with Gasteiger partial charge in [0.2, 0.25) is 5.91 Å². The van der Waals surface area contributed by atoms with Gasteiger partial charge in [-0.3, -0.25) is 4.79 Å². The van der Waals surface area contributed by atoms with E-state index in [0.29, 0.717) is 31.7 Å². The van der Waals surface area contributed by atoms with Crippen molar-refractivity contribution in [3.8, 4) is 5.75 Å². The van der Waals surface area contributed by atoms with E-state index in [-0.39, 0.29) is 11.9 Å². The first-order valence-electron chi connectivity index (χ1n) is 9.00. The van der Waals surface area contributed by atoms with E-state index in [9.17, 15) is 4.79 Å². The molecule has 5 nitrogen and oxygen atoms in total. The summed E-state index contributed by atoms with van der Waals surface area (Å²) >= 11 is 0. The molecule has 2 aliphatic rings. The number of fused-ring (bicyclic) bond motifs is 1. The van der Waals surface area contributed by atoms with Gasteiger partial charge in [0.15, 0.2) is 0 Å². The van der Waals surface area contributed by atoms with Crippen LogP contribution in [0, 0.1) is 5.92 Å². The minimum Gasteiger partial charge on any atom is -0.491 e. The first kappa shape index (κ1) is 17.2. The molecule has 0 spiro atoms. The Kier molecular flexibility index (Phi) is 6.10. The van der Waals surface area contributed by atoms with Crippen molar-refractivity contribution in [2.24, 2.45) is 5.92 Å². The highest BCUT2D eigenvalue weighted by Gasteiger charge is 2.37. The Bertz CT molecular complexity index is 518. The van der Waals surface area contributed by atoms with E-state index < -0.39 is 0 Å². The molecule has 1 aliphatic heterocycles. The Morgan fingerprint density at radius 1 is 1.21 bits per heavy atom. The van der Waals surface area contributed by atoms with E-state index >= 15 is 0 Å². The lowest BCUT2D eigenvalue weighted by molar-refractivity contribution is -0.123. The average molecular weight is 332 g/mol. The van der Waals surface area contributed by atoms with Crippen LogP contribution in [0.1, 0.15) is 37.7 Å². The molecule has 1 amide bonds. The van der Waals surface area contributed by atoms with E-state index in [1.165, 1.54) is 25.7 Å². The van der Waals surface area contributed by atoms with E-state index in [0.717, 1.165) is 17.7 Å². The molecule has 1 saturated carbocycles. The van der Waals surface area contributed by atoms with Crippen molar-refractivity contribution in [3.05, 3.63) is 29.8 Å². The number of nitrogens with one attached hydrogen (secondary N) is 2. The maximum absolute atomic E-state index is 12.4. The van der Waals surface area contributed by atoms with Crippen LogP contribution in [0.2, 0.25) is 0 Å². The maximum atomic E-state index is 12.4. The molecular formula is C19H28N2O3. The van der Waals surface area contributed by atoms with Crippen LogP contribution >= 0.6 is 0 Å². The fourth-order valence-corrected chi connectivity index (χ4v) is 3.78. The molecule has 1 heterocycles. The summed E-state index contributed by atoms with van der Waals surface area (Å²) in [5.41, 5.74) is 1.08. The van der Waals surface area contributed by atoms with Crippen LogP contribution in [-0.4, -0.2) is 38.3 Å². The topological polar surface area (TPSA) is 59.6 Å². The summed E-state index contributed by atoms with van der Waals surface area (Å²) in [4.78, 5) is 12.4.